The Kier molecular flexibility index (Phi) is 6.61. The van der Waals surface area contributed by atoms with Crippen LogP contribution < -0.4 is 4.74 Å². The molecule has 0 aromatic heterocycles. The molecule has 1 aromatic carbocycles. The van der Waals surface area contributed by atoms with E-state index in [4.69, 9.17) is 9.84 Å². The zero-order valence-electron chi connectivity index (χ0n) is 11.8. The second kappa shape index (κ2) is 7.97. The van der Waals surface area contributed by atoms with E-state index in [0.717, 1.165) is 0 Å². The normalized spacial score (nSPS) is 11.8. The van der Waals surface area contributed by atoms with Crippen molar-refractivity contribution in [3.63, 3.8) is 0 Å². The zero-order valence-corrected chi connectivity index (χ0v) is 13.4. The van der Waals surface area contributed by atoms with Crippen LogP contribution in [-0.4, -0.2) is 41.6 Å². The third kappa shape index (κ3) is 5.34. The molecule has 0 fully saturated rings. The summed E-state index contributed by atoms with van der Waals surface area (Å²) in [7, 11) is 0. The van der Waals surface area contributed by atoms with Gasteiger partial charge in [-0.2, -0.15) is 0 Å². The topological polar surface area (TPSA) is 66.8 Å². The smallest absolute Gasteiger partial charge is 0.308 e. The van der Waals surface area contributed by atoms with Crippen LogP contribution in [0, 0.1) is 11.7 Å². The van der Waals surface area contributed by atoms with E-state index in [9.17, 15) is 14.0 Å². The van der Waals surface area contributed by atoms with Gasteiger partial charge in [0.2, 0.25) is 0 Å². The Morgan fingerprint density at radius 1 is 1.48 bits per heavy atom. The number of rotatable bonds is 7. The molecule has 1 N–H and O–H groups in total. The summed E-state index contributed by atoms with van der Waals surface area (Å²) in [5.41, 5.74) is 0. The number of benzene rings is 1. The fraction of sp³-hybridized carbons (Fsp3) is 0.429. The highest BCUT2D eigenvalue weighted by atomic mass is 79.9. The maximum atomic E-state index is 13.5. The van der Waals surface area contributed by atoms with Crippen molar-refractivity contribution in [3.8, 4) is 5.75 Å². The molecule has 1 unspecified atom stereocenters. The fourth-order valence-electron chi connectivity index (χ4n) is 1.64. The third-order valence-electron chi connectivity index (χ3n) is 2.90. The molecular formula is C14H17BrFNO4. The van der Waals surface area contributed by atoms with Crippen molar-refractivity contribution in [2.45, 2.75) is 13.8 Å². The van der Waals surface area contributed by atoms with Crippen molar-refractivity contribution in [3.05, 3.63) is 28.5 Å². The summed E-state index contributed by atoms with van der Waals surface area (Å²) in [5.74, 6) is -2.61. The number of carboxylic acids is 1. The number of hydrogen-bond donors (Lipinski definition) is 1. The highest BCUT2D eigenvalue weighted by Crippen LogP contribution is 2.21. The molecule has 0 aliphatic heterocycles. The molecule has 5 nitrogen and oxygen atoms in total. The fourth-order valence-corrected chi connectivity index (χ4v) is 1.97. The first-order valence-corrected chi connectivity index (χ1v) is 7.22. The van der Waals surface area contributed by atoms with E-state index in [1.165, 1.54) is 24.0 Å². The van der Waals surface area contributed by atoms with Gasteiger partial charge >= 0.3 is 5.97 Å². The summed E-state index contributed by atoms with van der Waals surface area (Å²) >= 11 is 3.13. The van der Waals surface area contributed by atoms with Gasteiger partial charge in [0.05, 0.1) is 5.92 Å². The van der Waals surface area contributed by atoms with Crippen molar-refractivity contribution in [1.82, 2.24) is 4.90 Å². The zero-order chi connectivity index (χ0) is 16.0. The number of carbonyl (C=O) groups is 2. The third-order valence-corrected chi connectivity index (χ3v) is 3.39. The summed E-state index contributed by atoms with van der Waals surface area (Å²) in [4.78, 5) is 24.1. The number of ether oxygens (including phenoxy) is 1. The van der Waals surface area contributed by atoms with E-state index in [0.29, 0.717) is 11.0 Å². The molecule has 0 spiro atoms. The van der Waals surface area contributed by atoms with Crippen LogP contribution in [0.5, 0.6) is 5.75 Å². The van der Waals surface area contributed by atoms with E-state index >= 15 is 0 Å². The number of halogens is 2. The lowest BCUT2D eigenvalue weighted by atomic mass is 10.1. The van der Waals surface area contributed by atoms with E-state index in [-0.39, 0.29) is 24.8 Å². The first kappa shape index (κ1) is 17.4. The Morgan fingerprint density at radius 2 is 2.14 bits per heavy atom. The van der Waals surface area contributed by atoms with Gasteiger partial charge in [-0.3, -0.25) is 9.59 Å². The Bertz CT molecular complexity index is 524. The molecule has 0 saturated heterocycles. The Labute approximate surface area is 130 Å². The monoisotopic (exact) mass is 361 g/mol. The summed E-state index contributed by atoms with van der Waals surface area (Å²) in [6, 6.07) is 4.26. The number of likely N-dealkylation sites (N-methyl/N-ethyl adjacent to an activating group) is 1. The maximum Gasteiger partial charge on any atom is 0.308 e. The second-order valence-electron chi connectivity index (χ2n) is 4.54. The number of carbonyl (C=O) groups excluding carboxylic acids is 1. The van der Waals surface area contributed by atoms with Crippen molar-refractivity contribution in [2.24, 2.45) is 5.92 Å². The van der Waals surface area contributed by atoms with Gasteiger partial charge in [-0.25, -0.2) is 4.39 Å². The molecule has 0 bridgehead atoms. The molecule has 116 valence electrons. The molecule has 0 aliphatic rings. The minimum Gasteiger partial charge on any atom is -0.481 e. The van der Waals surface area contributed by atoms with Crippen LogP contribution in [0.3, 0.4) is 0 Å². The molecule has 0 aliphatic carbocycles. The van der Waals surface area contributed by atoms with Crippen LogP contribution in [0.1, 0.15) is 13.8 Å². The van der Waals surface area contributed by atoms with Crippen LogP contribution in [0.15, 0.2) is 22.7 Å². The Hall–Kier alpha value is -1.63. The molecule has 1 rings (SSSR count). The first-order valence-electron chi connectivity index (χ1n) is 6.43. The summed E-state index contributed by atoms with van der Waals surface area (Å²) in [6.45, 7) is 3.39. The van der Waals surface area contributed by atoms with Crippen molar-refractivity contribution >= 4 is 27.8 Å². The van der Waals surface area contributed by atoms with Gasteiger partial charge in [-0.1, -0.05) is 22.9 Å². The molecule has 21 heavy (non-hydrogen) atoms. The number of nitrogens with zero attached hydrogens (tertiary/aromatic N) is 1. The van der Waals surface area contributed by atoms with E-state index in [1.54, 1.807) is 13.0 Å². The Morgan fingerprint density at radius 3 is 2.67 bits per heavy atom. The van der Waals surface area contributed by atoms with Crippen LogP contribution in [0.2, 0.25) is 0 Å². The lowest BCUT2D eigenvalue weighted by Gasteiger charge is -2.23. The highest BCUT2D eigenvalue weighted by Gasteiger charge is 2.20. The summed E-state index contributed by atoms with van der Waals surface area (Å²) in [6.07, 6.45) is 0. The molecule has 1 amide bonds. The summed E-state index contributed by atoms with van der Waals surface area (Å²) < 4.78 is 19.3. The average Bonchev–Trinajstić information content (AvgIpc) is 2.43. The predicted octanol–water partition coefficient (Wildman–Crippen LogP) is 2.54. The molecule has 0 radical (unpaired) electrons. The molecule has 0 saturated carbocycles. The van der Waals surface area contributed by atoms with Gasteiger partial charge < -0.3 is 14.7 Å². The van der Waals surface area contributed by atoms with Crippen LogP contribution >= 0.6 is 15.9 Å². The molecule has 1 aromatic rings. The first-order chi connectivity index (χ1) is 9.85. The number of carboxylic acid groups (broad SMARTS) is 1. The second-order valence-corrected chi connectivity index (χ2v) is 5.45. The van der Waals surface area contributed by atoms with Crippen molar-refractivity contribution < 1.29 is 23.8 Å². The van der Waals surface area contributed by atoms with Gasteiger partial charge in [0, 0.05) is 17.6 Å². The molecule has 0 heterocycles. The number of amides is 1. The molecular weight excluding hydrogens is 345 g/mol. The largest absolute Gasteiger partial charge is 0.481 e. The minimum absolute atomic E-state index is 0.0195. The van der Waals surface area contributed by atoms with E-state index < -0.39 is 17.7 Å². The predicted molar refractivity (Wildman–Crippen MR) is 78.6 cm³/mol. The van der Waals surface area contributed by atoms with Gasteiger partial charge in [0.25, 0.3) is 5.91 Å². The average molecular weight is 362 g/mol. The van der Waals surface area contributed by atoms with Gasteiger partial charge in [-0.05, 0) is 25.1 Å². The van der Waals surface area contributed by atoms with Crippen LogP contribution in [0.25, 0.3) is 0 Å². The SMILES string of the molecule is CCN(CC(C)C(=O)O)C(=O)COc1ccc(Br)cc1F. The van der Waals surface area contributed by atoms with Crippen LogP contribution in [-0.2, 0) is 9.59 Å². The Balaban J connectivity index is 2.60. The van der Waals surface area contributed by atoms with Gasteiger partial charge in [0.15, 0.2) is 18.2 Å². The van der Waals surface area contributed by atoms with Gasteiger partial charge in [-0.15, -0.1) is 0 Å². The van der Waals surface area contributed by atoms with Crippen molar-refractivity contribution in [1.29, 1.82) is 0 Å². The lowest BCUT2D eigenvalue weighted by Crippen LogP contribution is -2.39. The summed E-state index contributed by atoms with van der Waals surface area (Å²) in [5, 5.41) is 8.86. The number of hydrogen-bond acceptors (Lipinski definition) is 3. The number of aliphatic carboxylic acids is 1. The van der Waals surface area contributed by atoms with Crippen molar-refractivity contribution in [2.75, 3.05) is 19.7 Å². The highest BCUT2D eigenvalue weighted by molar-refractivity contribution is 9.10. The quantitative estimate of drug-likeness (QED) is 0.810. The standard InChI is InChI=1S/C14H17BrFNO4/c1-3-17(7-9(2)14(19)20)13(18)8-21-12-5-4-10(15)6-11(12)16/h4-6,9H,3,7-8H2,1-2H3,(H,19,20). The minimum atomic E-state index is -0.971. The van der Waals surface area contributed by atoms with Gasteiger partial charge in [0.1, 0.15) is 0 Å². The van der Waals surface area contributed by atoms with E-state index in [2.05, 4.69) is 15.9 Å². The van der Waals surface area contributed by atoms with E-state index in [1.807, 2.05) is 0 Å². The molecule has 7 heteroatoms. The lowest BCUT2D eigenvalue weighted by molar-refractivity contribution is -0.143. The molecule has 1 atom stereocenters. The van der Waals surface area contributed by atoms with Crippen LogP contribution in [0.4, 0.5) is 4.39 Å². The maximum absolute atomic E-state index is 13.5.